The molecular weight excluding hydrogens is 324 g/mol. The van der Waals surface area contributed by atoms with Gasteiger partial charge in [-0.3, -0.25) is 4.98 Å². The third-order valence-corrected chi connectivity index (χ3v) is 4.40. The Morgan fingerprint density at radius 1 is 1.44 bits per heavy atom. The second-order valence-electron chi connectivity index (χ2n) is 6.39. The number of pyridine rings is 1. The van der Waals surface area contributed by atoms with Gasteiger partial charge >= 0.3 is 5.97 Å². The maximum Gasteiger partial charge on any atom is 0.364 e. The highest BCUT2D eigenvalue weighted by molar-refractivity contribution is 5.98. The molecule has 1 aromatic rings. The van der Waals surface area contributed by atoms with E-state index in [0.717, 1.165) is 30.5 Å². The van der Waals surface area contributed by atoms with Crippen LogP contribution in [0.5, 0.6) is 0 Å². The molecule has 2 rings (SSSR count). The van der Waals surface area contributed by atoms with Gasteiger partial charge in [-0.15, -0.1) is 0 Å². The maximum absolute atomic E-state index is 11.1. The van der Waals surface area contributed by atoms with Crippen molar-refractivity contribution in [3.05, 3.63) is 30.1 Å². The number of ether oxygens (including phenoxy) is 2. The van der Waals surface area contributed by atoms with Crippen LogP contribution < -0.4 is 0 Å². The molecule has 7 heteroatoms. The molecule has 1 N–H and O–H groups in total. The zero-order valence-corrected chi connectivity index (χ0v) is 15.0. The average Bonchev–Trinajstić information content (AvgIpc) is 2.60. The van der Waals surface area contributed by atoms with E-state index in [0.29, 0.717) is 13.2 Å². The summed E-state index contributed by atoms with van der Waals surface area (Å²) in [6.07, 6.45) is 6.00. The molecule has 1 aliphatic rings. The summed E-state index contributed by atoms with van der Waals surface area (Å²) >= 11 is 0. The quantitative estimate of drug-likeness (QED) is 0.440. The third kappa shape index (κ3) is 5.51. The molecular formula is C18H26N2O5. The first-order valence-corrected chi connectivity index (χ1v) is 8.54. The summed E-state index contributed by atoms with van der Waals surface area (Å²) in [4.78, 5) is 20.5. The van der Waals surface area contributed by atoms with Crippen molar-refractivity contribution >= 4 is 11.7 Å². The minimum Gasteiger partial charge on any atom is -0.477 e. The van der Waals surface area contributed by atoms with E-state index in [9.17, 15) is 4.79 Å². The van der Waals surface area contributed by atoms with Gasteiger partial charge in [0.15, 0.2) is 0 Å². The number of carboxylic acid groups (broad SMARTS) is 1. The fraction of sp³-hybridized carbons (Fsp3) is 0.611. The van der Waals surface area contributed by atoms with E-state index in [4.69, 9.17) is 19.4 Å². The SMILES string of the molecule is CC(=NOCCCCC1COC(C)(C(=O)O)OC1C)c1ccncc1. The van der Waals surface area contributed by atoms with E-state index in [1.165, 1.54) is 6.92 Å². The molecule has 1 aliphatic heterocycles. The Bertz CT molecular complexity index is 592. The molecule has 7 nitrogen and oxygen atoms in total. The summed E-state index contributed by atoms with van der Waals surface area (Å²) in [7, 11) is 0. The monoisotopic (exact) mass is 350 g/mol. The number of rotatable bonds is 8. The van der Waals surface area contributed by atoms with Crippen LogP contribution in [0.1, 0.15) is 45.6 Å². The lowest BCUT2D eigenvalue weighted by molar-refractivity contribution is -0.292. The van der Waals surface area contributed by atoms with Crippen LogP contribution in [0.3, 0.4) is 0 Å². The minimum atomic E-state index is -1.53. The number of aliphatic carboxylic acids is 1. The summed E-state index contributed by atoms with van der Waals surface area (Å²) in [6.45, 7) is 6.17. The summed E-state index contributed by atoms with van der Waals surface area (Å²) in [5.41, 5.74) is 1.81. The number of carboxylic acids is 1. The number of hydrogen-bond donors (Lipinski definition) is 1. The summed E-state index contributed by atoms with van der Waals surface area (Å²) in [5, 5.41) is 13.2. The van der Waals surface area contributed by atoms with Gasteiger partial charge in [0.05, 0.1) is 18.4 Å². The Morgan fingerprint density at radius 3 is 2.80 bits per heavy atom. The van der Waals surface area contributed by atoms with Crippen LogP contribution in [-0.2, 0) is 19.1 Å². The van der Waals surface area contributed by atoms with E-state index >= 15 is 0 Å². The number of hydrogen-bond acceptors (Lipinski definition) is 6. The van der Waals surface area contributed by atoms with Crippen molar-refractivity contribution in [2.45, 2.75) is 51.9 Å². The largest absolute Gasteiger partial charge is 0.477 e. The average molecular weight is 350 g/mol. The maximum atomic E-state index is 11.1. The van der Waals surface area contributed by atoms with Crippen LogP contribution in [0.25, 0.3) is 0 Å². The Balaban J connectivity index is 1.64. The first-order chi connectivity index (χ1) is 11.9. The van der Waals surface area contributed by atoms with Crippen LogP contribution in [-0.4, -0.2) is 46.9 Å². The second kappa shape index (κ2) is 8.92. The highest BCUT2D eigenvalue weighted by Gasteiger charge is 2.43. The van der Waals surface area contributed by atoms with Crippen molar-refractivity contribution in [2.75, 3.05) is 13.2 Å². The van der Waals surface area contributed by atoms with Crippen LogP contribution in [0, 0.1) is 5.92 Å². The third-order valence-electron chi connectivity index (χ3n) is 4.40. The van der Waals surface area contributed by atoms with Crippen molar-refractivity contribution in [1.82, 2.24) is 4.98 Å². The van der Waals surface area contributed by atoms with E-state index < -0.39 is 11.8 Å². The number of nitrogens with zero attached hydrogens (tertiary/aromatic N) is 2. The van der Waals surface area contributed by atoms with Crippen LogP contribution in [0.15, 0.2) is 29.7 Å². The van der Waals surface area contributed by atoms with Gasteiger partial charge in [-0.1, -0.05) is 5.16 Å². The van der Waals surface area contributed by atoms with Crippen LogP contribution in [0.2, 0.25) is 0 Å². The Morgan fingerprint density at radius 2 is 2.16 bits per heavy atom. The lowest BCUT2D eigenvalue weighted by Crippen LogP contribution is -2.51. The molecule has 138 valence electrons. The molecule has 0 spiro atoms. The highest BCUT2D eigenvalue weighted by Crippen LogP contribution is 2.29. The Labute approximate surface area is 148 Å². The molecule has 1 saturated heterocycles. The molecule has 0 bridgehead atoms. The van der Waals surface area contributed by atoms with E-state index in [-0.39, 0.29) is 12.0 Å². The van der Waals surface area contributed by atoms with Gasteiger partial charge in [-0.05, 0) is 45.2 Å². The van der Waals surface area contributed by atoms with Gasteiger partial charge in [-0.25, -0.2) is 4.79 Å². The van der Waals surface area contributed by atoms with Crippen LogP contribution >= 0.6 is 0 Å². The minimum absolute atomic E-state index is 0.150. The summed E-state index contributed by atoms with van der Waals surface area (Å²) in [6, 6.07) is 3.77. The highest BCUT2D eigenvalue weighted by atomic mass is 16.7. The molecule has 0 radical (unpaired) electrons. The van der Waals surface area contributed by atoms with Gasteiger partial charge in [0.25, 0.3) is 5.79 Å². The number of oxime groups is 1. The lowest BCUT2D eigenvalue weighted by atomic mass is 9.96. The summed E-state index contributed by atoms with van der Waals surface area (Å²) < 4.78 is 10.9. The van der Waals surface area contributed by atoms with Crippen LogP contribution in [0.4, 0.5) is 0 Å². The molecule has 0 amide bonds. The predicted octanol–water partition coefficient (Wildman–Crippen LogP) is 2.84. The number of aromatic nitrogens is 1. The Hall–Kier alpha value is -1.99. The smallest absolute Gasteiger partial charge is 0.364 e. The van der Waals surface area contributed by atoms with Gasteiger partial charge in [0.1, 0.15) is 6.61 Å². The van der Waals surface area contributed by atoms with E-state index in [2.05, 4.69) is 10.1 Å². The van der Waals surface area contributed by atoms with E-state index in [1.54, 1.807) is 12.4 Å². The van der Waals surface area contributed by atoms with Crippen molar-refractivity contribution in [3.63, 3.8) is 0 Å². The van der Waals surface area contributed by atoms with Gasteiger partial charge in [-0.2, -0.15) is 0 Å². The molecule has 3 unspecified atom stereocenters. The zero-order valence-electron chi connectivity index (χ0n) is 15.0. The molecule has 25 heavy (non-hydrogen) atoms. The molecule has 0 aromatic carbocycles. The first-order valence-electron chi connectivity index (χ1n) is 8.54. The normalized spacial score (nSPS) is 27.1. The number of unbranched alkanes of at least 4 members (excludes halogenated alkanes) is 1. The molecule has 3 atom stereocenters. The van der Waals surface area contributed by atoms with Crippen molar-refractivity contribution in [1.29, 1.82) is 0 Å². The molecule has 0 saturated carbocycles. The topological polar surface area (TPSA) is 90.2 Å². The van der Waals surface area contributed by atoms with E-state index in [1.807, 2.05) is 26.0 Å². The predicted molar refractivity (Wildman–Crippen MR) is 92.3 cm³/mol. The molecule has 1 fully saturated rings. The first kappa shape index (κ1) is 19.3. The standard InChI is InChI=1S/C18H26N2O5/c1-13(15-7-9-19-10-8-15)20-24-11-5-4-6-16-12-23-18(3,17(21)22)25-14(16)2/h7-10,14,16H,4-6,11-12H2,1-3H3,(H,21,22). The lowest BCUT2D eigenvalue weighted by Gasteiger charge is -2.39. The van der Waals surface area contributed by atoms with Crippen molar-refractivity contribution in [3.8, 4) is 0 Å². The van der Waals surface area contributed by atoms with Gasteiger partial charge in [0, 0.05) is 30.8 Å². The zero-order chi connectivity index (χ0) is 18.3. The van der Waals surface area contributed by atoms with Crippen molar-refractivity contribution < 1.29 is 24.2 Å². The summed E-state index contributed by atoms with van der Waals surface area (Å²) in [5.74, 6) is -2.43. The fourth-order valence-corrected chi connectivity index (χ4v) is 2.68. The van der Waals surface area contributed by atoms with Gasteiger partial charge in [0.2, 0.25) is 0 Å². The second-order valence-corrected chi connectivity index (χ2v) is 6.39. The Kier molecular flexibility index (Phi) is 6.90. The number of carbonyl (C=O) groups is 1. The van der Waals surface area contributed by atoms with Gasteiger partial charge < -0.3 is 19.4 Å². The van der Waals surface area contributed by atoms with Crippen molar-refractivity contribution in [2.24, 2.45) is 11.1 Å². The fourth-order valence-electron chi connectivity index (χ4n) is 2.68. The molecule has 1 aromatic heterocycles. The molecule has 2 heterocycles. The molecule has 0 aliphatic carbocycles.